The van der Waals surface area contributed by atoms with E-state index in [1.54, 1.807) is 0 Å². The number of carbonyl (C=O) groups excluding carboxylic acids is 1. The smallest absolute Gasteiger partial charge is 0.246 e. The molecule has 0 saturated carbocycles. The number of hydrogen-bond donors (Lipinski definition) is 0. The lowest BCUT2D eigenvalue weighted by atomic mass is 9.71. The number of carbonyl (C=O) groups is 1. The highest BCUT2D eigenvalue weighted by molar-refractivity contribution is 5.87. The van der Waals surface area contributed by atoms with Crippen LogP contribution in [-0.2, 0) is 4.79 Å². The quantitative estimate of drug-likeness (QED) is 0.567. The molecule has 1 aliphatic rings. The van der Waals surface area contributed by atoms with Gasteiger partial charge in [-0.15, -0.1) is 0 Å². The van der Waals surface area contributed by atoms with Gasteiger partial charge in [0.05, 0.1) is 0 Å². The van der Waals surface area contributed by atoms with E-state index in [1.165, 1.54) is 6.08 Å². The van der Waals surface area contributed by atoms with Gasteiger partial charge in [-0.1, -0.05) is 27.4 Å². The fourth-order valence-corrected chi connectivity index (χ4v) is 2.02. The van der Waals surface area contributed by atoms with E-state index in [2.05, 4.69) is 34.3 Å². The van der Waals surface area contributed by atoms with Crippen LogP contribution in [0.4, 0.5) is 0 Å². The Morgan fingerprint density at radius 1 is 1.54 bits per heavy atom. The first kappa shape index (κ1) is 10.3. The predicted molar refractivity (Wildman–Crippen MR) is 54.3 cm³/mol. The molecule has 74 valence electrons. The number of hydrogen-bond acceptors (Lipinski definition) is 1. The van der Waals surface area contributed by atoms with E-state index in [0.717, 1.165) is 6.54 Å². The number of nitrogens with zero attached hydrogens (tertiary/aromatic N) is 1. The first-order valence-corrected chi connectivity index (χ1v) is 4.81. The van der Waals surface area contributed by atoms with Crippen molar-refractivity contribution in [3.8, 4) is 0 Å². The maximum Gasteiger partial charge on any atom is 0.246 e. The molecule has 0 aromatic carbocycles. The van der Waals surface area contributed by atoms with Crippen LogP contribution in [0.2, 0.25) is 0 Å². The summed E-state index contributed by atoms with van der Waals surface area (Å²) in [5, 5.41) is 0. The summed E-state index contributed by atoms with van der Waals surface area (Å²) in [5.41, 5.74) is 0.303. The molecule has 0 spiro atoms. The standard InChI is InChI=1S/C11H19NO/c1-6-10(13)12-7-9(8(12)2)11(3,4)5/h6,8-9H,1,7H2,2-5H3. The molecule has 1 rings (SSSR count). The Kier molecular flexibility index (Phi) is 2.51. The molecule has 1 fully saturated rings. The minimum atomic E-state index is 0.0630. The van der Waals surface area contributed by atoms with Gasteiger partial charge in [-0.2, -0.15) is 0 Å². The van der Waals surface area contributed by atoms with Gasteiger partial charge in [-0.3, -0.25) is 4.79 Å². The van der Waals surface area contributed by atoms with Gasteiger partial charge in [0.1, 0.15) is 0 Å². The zero-order chi connectivity index (χ0) is 10.2. The van der Waals surface area contributed by atoms with Crippen molar-refractivity contribution in [2.45, 2.75) is 33.7 Å². The van der Waals surface area contributed by atoms with E-state index >= 15 is 0 Å². The Bertz CT molecular complexity index is 227. The molecule has 1 heterocycles. The van der Waals surface area contributed by atoms with E-state index < -0.39 is 0 Å². The van der Waals surface area contributed by atoms with E-state index in [0.29, 0.717) is 17.4 Å². The van der Waals surface area contributed by atoms with Crippen LogP contribution < -0.4 is 0 Å². The van der Waals surface area contributed by atoms with E-state index in [-0.39, 0.29) is 5.91 Å². The van der Waals surface area contributed by atoms with Gasteiger partial charge in [0.25, 0.3) is 0 Å². The third-order valence-electron chi connectivity index (χ3n) is 3.04. The van der Waals surface area contributed by atoms with Crippen LogP contribution in [0.15, 0.2) is 12.7 Å². The third-order valence-corrected chi connectivity index (χ3v) is 3.04. The summed E-state index contributed by atoms with van der Waals surface area (Å²) < 4.78 is 0. The summed E-state index contributed by atoms with van der Waals surface area (Å²) >= 11 is 0. The molecule has 0 N–H and O–H groups in total. The average molecular weight is 181 g/mol. The largest absolute Gasteiger partial charge is 0.336 e. The van der Waals surface area contributed by atoms with Crippen molar-refractivity contribution in [1.82, 2.24) is 4.90 Å². The molecule has 2 nitrogen and oxygen atoms in total. The Morgan fingerprint density at radius 3 is 2.38 bits per heavy atom. The molecule has 0 aromatic rings. The van der Waals surface area contributed by atoms with Crippen LogP contribution >= 0.6 is 0 Å². The Labute approximate surface area is 80.6 Å². The predicted octanol–water partition coefficient (Wildman–Crippen LogP) is 2.07. The van der Waals surface area contributed by atoms with Gasteiger partial charge >= 0.3 is 0 Å². The molecule has 2 unspecified atom stereocenters. The van der Waals surface area contributed by atoms with Crippen LogP contribution in [0.3, 0.4) is 0 Å². The maximum absolute atomic E-state index is 11.3. The van der Waals surface area contributed by atoms with Gasteiger partial charge in [-0.25, -0.2) is 0 Å². The van der Waals surface area contributed by atoms with Crippen molar-refractivity contribution in [3.05, 3.63) is 12.7 Å². The van der Waals surface area contributed by atoms with E-state index in [1.807, 2.05) is 4.90 Å². The lowest BCUT2D eigenvalue weighted by molar-refractivity contribution is -0.141. The van der Waals surface area contributed by atoms with Gasteiger partial charge in [0, 0.05) is 18.5 Å². The molecular formula is C11H19NO. The summed E-state index contributed by atoms with van der Waals surface area (Å²) in [7, 11) is 0. The fraction of sp³-hybridized carbons (Fsp3) is 0.727. The number of amides is 1. The first-order valence-electron chi connectivity index (χ1n) is 4.81. The third kappa shape index (κ3) is 1.77. The molecule has 0 bridgehead atoms. The highest BCUT2D eigenvalue weighted by Gasteiger charge is 2.43. The van der Waals surface area contributed by atoms with Crippen molar-refractivity contribution < 1.29 is 4.79 Å². The van der Waals surface area contributed by atoms with Crippen LogP contribution in [0.1, 0.15) is 27.7 Å². The molecule has 0 aliphatic carbocycles. The molecule has 0 aromatic heterocycles. The summed E-state index contributed by atoms with van der Waals surface area (Å²) in [4.78, 5) is 13.2. The summed E-state index contributed by atoms with van der Waals surface area (Å²) in [6, 6.07) is 0.366. The minimum Gasteiger partial charge on any atom is -0.336 e. The molecule has 0 radical (unpaired) electrons. The average Bonchev–Trinajstić information content (AvgIpc) is 1.98. The van der Waals surface area contributed by atoms with Crippen molar-refractivity contribution in [2.24, 2.45) is 11.3 Å². The fourth-order valence-electron chi connectivity index (χ4n) is 2.02. The van der Waals surface area contributed by atoms with Crippen molar-refractivity contribution in [1.29, 1.82) is 0 Å². The molecule has 1 aliphatic heterocycles. The molecular weight excluding hydrogens is 162 g/mol. The van der Waals surface area contributed by atoms with Crippen molar-refractivity contribution in [3.63, 3.8) is 0 Å². The van der Waals surface area contributed by atoms with Gasteiger partial charge in [0.15, 0.2) is 0 Å². The lowest BCUT2D eigenvalue weighted by Gasteiger charge is -2.52. The first-order chi connectivity index (χ1) is 5.88. The Morgan fingerprint density at radius 2 is 2.08 bits per heavy atom. The minimum absolute atomic E-state index is 0.0630. The molecule has 1 amide bonds. The van der Waals surface area contributed by atoms with Gasteiger partial charge in [-0.05, 0) is 18.4 Å². The molecule has 1 saturated heterocycles. The number of rotatable bonds is 1. The SMILES string of the molecule is C=CC(=O)N1CC(C(C)(C)C)C1C. The highest BCUT2D eigenvalue weighted by atomic mass is 16.2. The second-order valence-corrected chi connectivity index (χ2v) is 4.91. The second kappa shape index (κ2) is 3.17. The normalized spacial score (nSPS) is 28.2. The lowest BCUT2D eigenvalue weighted by Crippen LogP contribution is -2.60. The molecule has 13 heavy (non-hydrogen) atoms. The summed E-state index contributed by atoms with van der Waals surface area (Å²) in [6.45, 7) is 13.2. The monoisotopic (exact) mass is 181 g/mol. The molecule has 2 atom stereocenters. The topological polar surface area (TPSA) is 20.3 Å². The Hall–Kier alpha value is -0.790. The van der Waals surface area contributed by atoms with Crippen molar-refractivity contribution >= 4 is 5.91 Å². The summed E-state index contributed by atoms with van der Waals surface area (Å²) in [6.07, 6.45) is 1.40. The van der Waals surface area contributed by atoms with Gasteiger partial charge in [0.2, 0.25) is 5.91 Å². The Balaban J connectivity index is 2.57. The van der Waals surface area contributed by atoms with Crippen molar-refractivity contribution in [2.75, 3.05) is 6.54 Å². The van der Waals surface area contributed by atoms with Crippen LogP contribution in [0.25, 0.3) is 0 Å². The number of likely N-dealkylation sites (tertiary alicyclic amines) is 1. The molecule has 2 heteroatoms. The highest BCUT2D eigenvalue weighted by Crippen LogP contribution is 2.38. The van der Waals surface area contributed by atoms with Crippen LogP contribution in [0, 0.1) is 11.3 Å². The second-order valence-electron chi connectivity index (χ2n) is 4.91. The zero-order valence-electron chi connectivity index (χ0n) is 9.00. The van der Waals surface area contributed by atoms with Gasteiger partial charge < -0.3 is 4.90 Å². The van der Waals surface area contributed by atoms with E-state index in [4.69, 9.17) is 0 Å². The van der Waals surface area contributed by atoms with E-state index in [9.17, 15) is 4.79 Å². The van der Waals surface area contributed by atoms with Crippen LogP contribution in [0.5, 0.6) is 0 Å². The maximum atomic E-state index is 11.3. The van der Waals surface area contributed by atoms with Crippen LogP contribution in [-0.4, -0.2) is 23.4 Å². The summed E-state index contributed by atoms with van der Waals surface area (Å²) in [5.74, 6) is 0.685. The zero-order valence-corrected chi connectivity index (χ0v) is 9.00.